The van der Waals surface area contributed by atoms with Crippen molar-refractivity contribution in [3.05, 3.63) is 35.6 Å². The third-order valence-electron chi connectivity index (χ3n) is 3.19. The molecule has 1 aromatic carbocycles. The first-order chi connectivity index (χ1) is 8.70. The van der Waals surface area contributed by atoms with Crippen LogP contribution in [0.15, 0.2) is 24.3 Å². The lowest BCUT2D eigenvalue weighted by Gasteiger charge is -2.34. The molecule has 2 nitrogen and oxygen atoms in total. The topological polar surface area (TPSA) is 38.0 Å². The minimum absolute atomic E-state index is 0.179. The molecule has 0 radical (unpaired) electrons. The van der Waals surface area contributed by atoms with Crippen molar-refractivity contribution in [1.82, 2.24) is 5.43 Å². The zero-order valence-corrected chi connectivity index (χ0v) is 12.1. The molecule has 1 aliphatic heterocycles. The number of rotatable bonds is 4. The molecule has 100 valence electrons. The molecule has 3 atom stereocenters. The maximum atomic E-state index is 13.2. The summed E-state index contributed by atoms with van der Waals surface area (Å²) in [6, 6.07) is 6.97. The van der Waals surface area contributed by atoms with E-state index in [-0.39, 0.29) is 11.9 Å². The molecule has 0 aromatic heterocycles. The Bertz CT molecular complexity index is 389. The fourth-order valence-electron chi connectivity index (χ4n) is 2.28. The number of thioether (sulfide) groups is 2. The summed E-state index contributed by atoms with van der Waals surface area (Å²) in [7, 11) is 0. The predicted octanol–water partition coefficient (Wildman–Crippen LogP) is 2.44. The van der Waals surface area contributed by atoms with Crippen LogP contribution in [0.5, 0.6) is 0 Å². The fraction of sp³-hybridized carbons (Fsp3) is 0.538. The molecule has 5 heteroatoms. The van der Waals surface area contributed by atoms with Gasteiger partial charge in [-0.1, -0.05) is 19.1 Å². The van der Waals surface area contributed by atoms with Crippen molar-refractivity contribution in [2.45, 2.75) is 29.9 Å². The van der Waals surface area contributed by atoms with E-state index < -0.39 is 0 Å². The third kappa shape index (κ3) is 3.63. The van der Waals surface area contributed by atoms with Crippen LogP contribution in [-0.2, 0) is 6.42 Å². The lowest BCUT2D eigenvalue weighted by Crippen LogP contribution is -2.48. The molecule has 3 unspecified atom stereocenters. The monoisotopic (exact) mass is 286 g/mol. The van der Waals surface area contributed by atoms with Crippen LogP contribution >= 0.6 is 23.5 Å². The second-order valence-corrected chi connectivity index (χ2v) is 7.29. The first kappa shape index (κ1) is 14.2. The van der Waals surface area contributed by atoms with Gasteiger partial charge in [0.1, 0.15) is 5.82 Å². The number of hydrogen-bond donors (Lipinski definition) is 2. The lowest BCUT2D eigenvalue weighted by atomic mass is 10.0. The first-order valence-corrected chi connectivity index (χ1v) is 8.24. The van der Waals surface area contributed by atoms with Crippen LogP contribution < -0.4 is 11.3 Å². The van der Waals surface area contributed by atoms with E-state index in [4.69, 9.17) is 5.84 Å². The molecular weight excluding hydrogens is 267 g/mol. The number of nitrogens with two attached hydrogens (primary N) is 1. The zero-order valence-electron chi connectivity index (χ0n) is 10.4. The van der Waals surface area contributed by atoms with E-state index >= 15 is 0 Å². The standard InChI is InChI=1S/C13H19FN2S2/c1-9-13(18-6-5-17-9)12(16-15)8-10-3-2-4-11(14)7-10/h2-4,7,9,12-13,16H,5-6,8,15H2,1H3. The molecule has 1 aromatic rings. The van der Waals surface area contributed by atoms with Crippen molar-refractivity contribution in [3.63, 3.8) is 0 Å². The average Bonchev–Trinajstić information content (AvgIpc) is 2.37. The smallest absolute Gasteiger partial charge is 0.123 e. The van der Waals surface area contributed by atoms with Crippen LogP contribution in [0.3, 0.4) is 0 Å². The van der Waals surface area contributed by atoms with Gasteiger partial charge in [-0.25, -0.2) is 4.39 Å². The molecule has 0 amide bonds. The minimum atomic E-state index is -0.179. The summed E-state index contributed by atoms with van der Waals surface area (Å²) in [6.07, 6.45) is 0.775. The Morgan fingerprint density at radius 1 is 1.44 bits per heavy atom. The van der Waals surface area contributed by atoms with E-state index in [1.165, 1.54) is 17.6 Å². The number of hydrogen-bond acceptors (Lipinski definition) is 4. The second kappa shape index (κ2) is 6.80. The molecule has 1 fully saturated rings. The van der Waals surface area contributed by atoms with Crippen LogP contribution in [0, 0.1) is 5.82 Å². The summed E-state index contributed by atoms with van der Waals surface area (Å²) in [5, 5.41) is 1.07. The number of hydrazine groups is 1. The Morgan fingerprint density at radius 2 is 2.22 bits per heavy atom. The van der Waals surface area contributed by atoms with Gasteiger partial charge in [0, 0.05) is 28.0 Å². The summed E-state index contributed by atoms with van der Waals surface area (Å²) in [4.78, 5) is 0. The second-order valence-electron chi connectivity index (χ2n) is 4.52. The van der Waals surface area contributed by atoms with Crippen LogP contribution in [0.2, 0.25) is 0 Å². The Morgan fingerprint density at radius 3 is 2.89 bits per heavy atom. The van der Waals surface area contributed by atoms with Gasteiger partial charge >= 0.3 is 0 Å². The average molecular weight is 286 g/mol. The molecule has 0 bridgehead atoms. The predicted molar refractivity (Wildman–Crippen MR) is 79.4 cm³/mol. The van der Waals surface area contributed by atoms with Crippen LogP contribution in [0.25, 0.3) is 0 Å². The maximum Gasteiger partial charge on any atom is 0.123 e. The summed E-state index contributed by atoms with van der Waals surface area (Å²) in [5.41, 5.74) is 3.91. The fourth-order valence-corrected chi connectivity index (χ4v) is 5.22. The molecule has 2 rings (SSSR count). The van der Waals surface area contributed by atoms with Gasteiger partial charge < -0.3 is 0 Å². The maximum absolute atomic E-state index is 13.2. The number of nitrogens with one attached hydrogen (secondary N) is 1. The van der Waals surface area contributed by atoms with Gasteiger partial charge in [-0.05, 0) is 24.1 Å². The first-order valence-electron chi connectivity index (χ1n) is 6.14. The van der Waals surface area contributed by atoms with E-state index in [2.05, 4.69) is 12.3 Å². The number of halogens is 1. The molecule has 1 aliphatic rings. The third-order valence-corrected chi connectivity index (χ3v) is 6.44. The van der Waals surface area contributed by atoms with Crippen LogP contribution in [0.4, 0.5) is 4.39 Å². The van der Waals surface area contributed by atoms with E-state index in [1.807, 2.05) is 29.6 Å². The lowest BCUT2D eigenvalue weighted by molar-refractivity contribution is 0.500. The van der Waals surface area contributed by atoms with Gasteiger partial charge in [0.05, 0.1) is 0 Å². The molecule has 1 saturated heterocycles. The van der Waals surface area contributed by atoms with E-state index in [1.54, 1.807) is 12.1 Å². The zero-order chi connectivity index (χ0) is 13.0. The Labute approximate surface area is 116 Å². The largest absolute Gasteiger partial charge is 0.271 e. The van der Waals surface area contributed by atoms with Gasteiger partial charge in [-0.15, -0.1) is 0 Å². The Hall–Kier alpha value is -0.230. The van der Waals surface area contributed by atoms with E-state index in [0.717, 1.165) is 12.0 Å². The van der Waals surface area contributed by atoms with E-state index in [9.17, 15) is 4.39 Å². The van der Waals surface area contributed by atoms with Crippen molar-refractivity contribution in [1.29, 1.82) is 0 Å². The van der Waals surface area contributed by atoms with Crippen molar-refractivity contribution < 1.29 is 4.39 Å². The highest BCUT2D eigenvalue weighted by molar-refractivity contribution is 8.07. The van der Waals surface area contributed by atoms with Gasteiger partial charge in [-0.3, -0.25) is 11.3 Å². The highest BCUT2D eigenvalue weighted by Crippen LogP contribution is 2.33. The highest BCUT2D eigenvalue weighted by atomic mass is 32.2. The number of benzene rings is 1. The Balaban J connectivity index is 2.04. The van der Waals surface area contributed by atoms with Crippen LogP contribution in [-0.4, -0.2) is 28.0 Å². The van der Waals surface area contributed by atoms with Crippen molar-refractivity contribution >= 4 is 23.5 Å². The summed E-state index contributed by atoms with van der Waals surface area (Å²) >= 11 is 3.96. The Kier molecular flexibility index (Phi) is 5.36. The summed E-state index contributed by atoms with van der Waals surface area (Å²) < 4.78 is 13.2. The van der Waals surface area contributed by atoms with E-state index in [0.29, 0.717) is 10.5 Å². The highest BCUT2D eigenvalue weighted by Gasteiger charge is 2.29. The minimum Gasteiger partial charge on any atom is -0.271 e. The quantitative estimate of drug-likeness (QED) is 0.658. The van der Waals surface area contributed by atoms with Crippen molar-refractivity contribution in [2.75, 3.05) is 11.5 Å². The van der Waals surface area contributed by atoms with Crippen molar-refractivity contribution in [2.24, 2.45) is 5.84 Å². The SMILES string of the molecule is CC1SCCSC1C(Cc1cccc(F)c1)NN. The van der Waals surface area contributed by atoms with Gasteiger partial charge in [-0.2, -0.15) is 23.5 Å². The van der Waals surface area contributed by atoms with Crippen molar-refractivity contribution in [3.8, 4) is 0 Å². The molecule has 18 heavy (non-hydrogen) atoms. The summed E-state index contributed by atoms with van der Waals surface area (Å²) in [6.45, 7) is 2.25. The summed E-state index contributed by atoms with van der Waals surface area (Å²) in [5.74, 6) is 7.88. The van der Waals surface area contributed by atoms with Crippen LogP contribution in [0.1, 0.15) is 12.5 Å². The van der Waals surface area contributed by atoms with Gasteiger partial charge in [0.15, 0.2) is 0 Å². The molecule has 3 N–H and O–H groups in total. The molecule has 0 spiro atoms. The molecule has 0 saturated carbocycles. The van der Waals surface area contributed by atoms with Gasteiger partial charge in [0.25, 0.3) is 0 Å². The molecular formula is C13H19FN2S2. The molecule has 1 heterocycles. The van der Waals surface area contributed by atoms with Gasteiger partial charge in [0.2, 0.25) is 0 Å². The molecule has 0 aliphatic carbocycles. The normalized spacial score (nSPS) is 25.9.